The molecule has 1 aromatic heterocycles. The van der Waals surface area contributed by atoms with Crippen molar-refractivity contribution in [3.05, 3.63) is 57.3 Å². The smallest absolute Gasteiger partial charge is 0.244 e. The summed E-state index contributed by atoms with van der Waals surface area (Å²) in [5.74, 6) is -0.101. The Morgan fingerprint density at radius 1 is 1.32 bits per heavy atom. The lowest BCUT2D eigenvalue weighted by molar-refractivity contribution is -0.120. The van der Waals surface area contributed by atoms with Gasteiger partial charge in [0.1, 0.15) is 0 Å². The summed E-state index contributed by atoms with van der Waals surface area (Å²) in [6.45, 7) is 4.11. The molecular formula is C15H16N2OS. The first-order chi connectivity index (χ1) is 9.15. The van der Waals surface area contributed by atoms with Crippen LogP contribution in [0.2, 0.25) is 0 Å². The molecule has 0 aliphatic rings. The van der Waals surface area contributed by atoms with Gasteiger partial charge >= 0.3 is 0 Å². The maximum Gasteiger partial charge on any atom is 0.244 e. The Balaban J connectivity index is 1.89. The second-order valence-electron chi connectivity index (χ2n) is 4.40. The van der Waals surface area contributed by atoms with Crippen molar-refractivity contribution in [2.24, 2.45) is 5.10 Å². The number of nitrogens with one attached hydrogen (secondary N) is 1. The van der Waals surface area contributed by atoms with Gasteiger partial charge in [-0.3, -0.25) is 4.79 Å². The van der Waals surface area contributed by atoms with Crippen LogP contribution in [0.1, 0.15) is 21.6 Å². The monoisotopic (exact) mass is 272 g/mol. The highest BCUT2D eigenvalue weighted by atomic mass is 32.1. The van der Waals surface area contributed by atoms with E-state index in [0.717, 1.165) is 10.4 Å². The molecule has 0 bridgehead atoms. The van der Waals surface area contributed by atoms with Gasteiger partial charge < -0.3 is 0 Å². The normalized spacial score (nSPS) is 10.8. The fraction of sp³-hybridized carbons (Fsp3) is 0.200. The van der Waals surface area contributed by atoms with Crippen LogP contribution < -0.4 is 5.43 Å². The molecule has 0 spiro atoms. The van der Waals surface area contributed by atoms with E-state index in [0.29, 0.717) is 6.42 Å². The van der Waals surface area contributed by atoms with Crippen molar-refractivity contribution in [1.82, 2.24) is 5.43 Å². The Morgan fingerprint density at radius 3 is 2.84 bits per heavy atom. The lowest BCUT2D eigenvalue weighted by Gasteiger charge is -2.04. The summed E-state index contributed by atoms with van der Waals surface area (Å²) in [7, 11) is 0. The van der Waals surface area contributed by atoms with E-state index in [-0.39, 0.29) is 5.91 Å². The molecule has 98 valence electrons. The van der Waals surface area contributed by atoms with E-state index in [9.17, 15) is 4.79 Å². The molecule has 0 saturated carbocycles. The first-order valence-electron chi connectivity index (χ1n) is 6.06. The summed E-state index contributed by atoms with van der Waals surface area (Å²) in [4.78, 5) is 12.7. The van der Waals surface area contributed by atoms with Crippen LogP contribution in [-0.4, -0.2) is 12.1 Å². The van der Waals surface area contributed by atoms with Gasteiger partial charge in [0.2, 0.25) is 5.91 Å². The lowest BCUT2D eigenvalue weighted by atomic mass is 10.0. The number of carbonyl (C=O) groups excluding carboxylic acids is 1. The number of aryl methyl sites for hydroxylation is 2. The summed E-state index contributed by atoms with van der Waals surface area (Å²) >= 11 is 1.58. The van der Waals surface area contributed by atoms with Crippen LogP contribution in [0.4, 0.5) is 0 Å². The van der Waals surface area contributed by atoms with Gasteiger partial charge in [0.25, 0.3) is 0 Å². The average Bonchev–Trinajstić information content (AvgIpc) is 2.87. The van der Waals surface area contributed by atoms with Crippen LogP contribution in [0.25, 0.3) is 0 Å². The number of hydrogen-bond donors (Lipinski definition) is 1. The molecule has 2 aromatic rings. The van der Waals surface area contributed by atoms with Crippen molar-refractivity contribution in [2.45, 2.75) is 20.3 Å². The predicted molar refractivity (Wildman–Crippen MR) is 79.7 cm³/mol. The summed E-state index contributed by atoms with van der Waals surface area (Å²) in [6.07, 6.45) is 2.01. The molecule has 0 aliphatic heterocycles. The Kier molecular flexibility index (Phi) is 4.47. The fourth-order valence-corrected chi connectivity index (χ4v) is 2.26. The number of carbonyl (C=O) groups is 1. The van der Waals surface area contributed by atoms with E-state index < -0.39 is 0 Å². The third kappa shape index (κ3) is 4.03. The molecule has 1 heterocycles. The summed E-state index contributed by atoms with van der Waals surface area (Å²) in [5.41, 5.74) is 5.98. The minimum absolute atomic E-state index is 0.101. The summed E-state index contributed by atoms with van der Waals surface area (Å²) < 4.78 is 0. The molecule has 1 amide bonds. The topological polar surface area (TPSA) is 41.5 Å². The number of thiophene rings is 1. The van der Waals surface area contributed by atoms with Crippen LogP contribution in [0.3, 0.4) is 0 Å². The van der Waals surface area contributed by atoms with E-state index >= 15 is 0 Å². The number of amides is 1. The first kappa shape index (κ1) is 13.5. The Bertz CT molecular complexity index is 588. The minimum Gasteiger partial charge on any atom is -0.273 e. The summed E-state index contributed by atoms with van der Waals surface area (Å²) in [5, 5.41) is 5.91. The zero-order chi connectivity index (χ0) is 13.7. The third-order valence-corrected chi connectivity index (χ3v) is 3.67. The van der Waals surface area contributed by atoms with Gasteiger partial charge in [-0.2, -0.15) is 5.10 Å². The van der Waals surface area contributed by atoms with Crippen LogP contribution in [0.5, 0.6) is 0 Å². The number of hydrogen-bond acceptors (Lipinski definition) is 3. The third-order valence-electron chi connectivity index (χ3n) is 2.86. The van der Waals surface area contributed by atoms with Crippen molar-refractivity contribution in [3.8, 4) is 0 Å². The molecule has 1 aromatic carbocycles. The lowest BCUT2D eigenvalue weighted by Crippen LogP contribution is -2.19. The molecule has 0 radical (unpaired) electrons. The quantitative estimate of drug-likeness (QED) is 0.674. The molecule has 3 nitrogen and oxygen atoms in total. The van der Waals surface area contributed by atoms with Crippen molar-refractivity contribution in [1.29, 1.82) is 0 Å². The van der Waals surface area contributed by atoms with E-state index in [2.05, 4.69) is 17.5 Å². The second-order valence-corrected chi connectivity index (χ2v) is 5.38. The standard InChI is InChI=1S/C15H16N2OS/c1-11-5-6-13(8-12(11)2)9-15(18)17-16-10-14-4-3-7-19-14/h3-8,10H,9H2,1-2H3,(H,17,18)/b16-10-. The second kappa shape index (κ2) is 6.29. The SMILES string of the molecule is Cc1ccc(CC(=O)N/N=C\c2cccs2)cc1C. The van der Waals surface area contributed by atoms with Crippen LogP contribution in [-0.2, 0) is 11.2 Å². The molecule has 0 unspecified atom stereocenters. The van der Waals surface area contributed by atoms with E-state index in [1.165, 1.54) is 11.1 Å². The number of benzene rings is 1. The molecule has 4 heteroatoms. The summed E-state index contributed by atoms with van der Waals surface area (Å²) in [6, 6.07) is 9.95. The molecule has 1 N–H and O–H groups in total. The number of rotatable bonds is 4. The molecule has 19 heavy (non-hydrogen) atoms. The van der Waals surface area contributed by atoms with E-state index in [1.54, 1.807) is 17.6 Å². The maximum absolute atomic E-state index is 11.7. The molecular weight excluding hydrogens is 256 g/mol. The van der Waals surface area contributed by atoms with Gasteiger partial charge in [0, 0.05) is 4.88 Å². The van der Waals surface area contributed by atoms with Crippen molar-refractivity contribution < 1.29 is 4.79 Å². The van der Waals surface area contributed by atoms with Crippen LogP contribution in [0, 0.1) is 13.8 Å². The van der Waals surface area contributed by atoms with Crippen molar-refractivity contribution >= 4 is 23.5 Å². The van der Waals surface area contributed by atoms with Gasteiger partial charge in [-0.05, 0) is 42.0 Å². The Hall–Kier alpha value is -1.94. The van der Waals surface area contributed by atoms with Crippen molar-refractivity contribution in [2.75, 3.05) is 0 Å². The largest absolute Gasteiger partial charge is 0.273 e. The molecule has 0 fully saturated rings. The van der Waals surface area contributed by atoms with Gasteiger partial charge in [0.05, 0.1) is 12.6 Å². The minimum atomic E-state index is -0.101. The Labute approximate surface area is 117 Å². The number of hydrazone groups is 1. The Morgan fingerprint density at radius 2 is 2.16 bits per heavy atom. The number of nitrogens with zero attached hydrogens (tertiary/aromatic N) is 1. The van der Waals surface area contributed by atoms with Gasteiger partial charge in [-0.1, -0.05) is 24.3 Å². The van der Waals surface area contributed by atoms with E-state index in [1.807, 2.05) is 42.6 Å². The molecule has 2 rings (SSSR count). The van der Waals surface area contributed by atoms with E-state index in [4.69, 9.17) is 0 Å². The average molecular weight is 272 g/mol. The van der Waals surface area contributed by atoms with Gasteiger partial charge in [-0.25, -0.2) is 5.43 Å². The molecule has 0 atom stereocenters. The van der Waals surface area contributed by atoms with Gasteiger partial charge in [0.15, 0.2) is 0 Å². The highest BCUT2D eigenvalue weighted by Crippen LogP contribution is 2.10. The molecule has 0 aliphatic carbocycles. The van der Waals surface area contributed by atoms with Crippen molar-refractivity contribution in [3.63, 3.8) is 0 Å². The highest BCUT2D eigenvalue weighted by molar-refractivity contribution is 7.11. The molecule has 0 saturated heterocycles. The van der Waals surface area contributed by atoms with Gasteiger partial charge in [-0.15, -0.1) is 11.3 Å². The van der Waals surface area contributed by atoms with Crippen LogP contribution >= 0.6 is 11.3 Å². The maximum atomic E-state index is 11.7. The fourth-order valence-electron chi connectivity index (χ4n) is 1.67. The first-order valence-corrected chi connectivity index (χ1v) is 6.94. The zero-order valence-electron chi connectivity index (χ0n) is 11.0. The zero-order valence-corrected chi connectivity index (χ0v) is 11.8. The predicted octanol–water partition coefficient (Wildman–Crippen LogP) is 3.06. The van der Waals surface area contributed by atoms with Crippen LogP contribution in [0.15, 0.2) is 40.8 Å². The highest BCUT2D eigenvalue weighted by Gasteiger charge is 2.03.